The standard InChI is InChI=1S/C24H50O4S.Na/c1-3-5-7-8-9-10-11-12-13-14-17-21-24(29(26,27)28)22-18-15-16-20-23(25)19-6-4-2;/h23-25H,3-22H2,1-2H3,(H,26,27,28);/q;+1/p-1. The van der Waals surface area contributed by atoms with Crippen LogP contribution in [-0.4, -0.2) is 29.4 Å². The van der Waals surface area contributed by atoms with E-state index >= 15 is 0 Å². The van der Waals surface area contributed by atoms with Crippen LogP contribution in [0.15, 0.2) is 0 Å². The van der Waals surface area contributed by atoms with Crippen LogP contribution in [0.1, 0.15) is 142 Å². The molecule has 0 fully saturated rings. The van der Waals surface area contributed by atoms with Crippen molar-refractivity contribution in [2.45, 2.75) is 154 Å². The van der Waals surface area contributed by atoms with E-state index in [1.165, 1.54) is 51.4 Å². The van der Waals surface area contributed by atoms with Gasteiger partial charge in [0.05, 0.1) is 16.2 Å². The van der Waals surface area contributed by atoms with Crippen LogP contribution in [0.2, 0.25) is 0 Å². The number of hydrogen-bond acceptors (Lipinski definition) is 4. The molecule has 0 radical (unpaired) electrons. The maximum atomic E-state index is 11.5. The average Bonchev–Trinajstić information content (AvgIpc) is 2.67. The molecule has 30 heavy (non-hydrogen) atoms. The maximum Gasteiger partial charge on any atom is 1.00 e. The summed E-state index contributed by atoms with van der Waals surface area (Å²) in [6.45, 7) is 4.36. The molecule has 0 aliphatic heterocycles. The number of unbranched alkanes of at least 4 members (excludes halogenated alkanes) is 13. The molecule has 0 spiro atoms. The molecule has 2 atom stereocenters. The van der Waals surface area contributed by atoms with Crippen molar-refractivity contribution < 1.29 is 47.6 Å². The van der Waals surface area contributed by atoms with Gasteiger partial charge in [-0.05, 0) is 25.7 Å². The van der Waals surface area contributed by atoms with Crippen LogP contribution in [0.4, 0.5) is 0 Å². The minimum atomic E-state index is -4.19. The van der Waals surface area contributed by atoms with E-state index in [1.807, 2.05) is 0 Å². The first-order chi connectivity index (χ1) is 13.9. The molecule has 0 rings (SSSR count). The second-order valence-corrected chi connectivity index (χ2v) is 10.5. The van der Waals surface area contributed by atoms with Gasteiger partial charge in [-0.1, -0.05) is 117 Å². The van der Waals surface area contributed by atoms with E-state index in [4.69, 9.17) is 0 Å². The van der Waals surface area contributed by atoms with Crippen molar-refractivity contribution in [2.75, 3.05) is 0 Å². The van der Waals surface area contributed by atoms with Crippen molar-refractivity contribution in [3.05, 3.63) is 0 Å². The molecule has 4 nitrogen and oxygen atoms in total. The van der Waals surface area contributed by atoms with Gasteiger partial charge < -0.3 is 9.66 Å². The Hall–Kier alpha value is 0.870. The zero-order valence-corrected chi connectivity index (χ0v) is 23.2. The van der Waals surface area contributed by atoms with Gasteiger partial charge in [0, 0.05) is 5.25 Å². The Kier molecular flexibility index (Phi) is 25.4. The van der Waals surface area contributed by atoms with Gasteiger partial charge in [-0.25, -0.2) is 8.42 Å². The molecule has 0 aliphatic carbocycles. The van der Waals surface area contributed by atoms with E-state index in [-0.39, 0.29) is 35.7 Å². The molecule has 0 saturated carbocycles. The van der Waals surface area contributed by atoms with Crippen LogP contribution in [0.25, 0.3) is 0 Å². The third kappa shape index (κ3) is 22.1. The van der Waals surface area contributed by atoms with Crippen molar-refractivity contribution in [2.24, 2.45) is 0 Å². The zero-order valence-electron chi connectivity index (χ0n) is 20.4. The van der Waals surface area contributed by atoms with E-state index in [0.29, 0.717) is 12.8 Å². The minimum absolute atomic E-state index is 0. The van der Waals surface area contributed by atoms with Gasteiger partial charge >= 0.3 is 29.6 Å². The summed E-state index contributed by atoms with van der Waals surface area (Å²) >= 11 is 0. The molecule has 0 heterocycles. The third-order valence-electron chi connectivity index (χ3n) is 5.99. The van der Waals surface area contributed by atoms with Crippen molar-refractivity contribution in [3.8, 4) is 0 Å². The first-order valence-corrected chi connectivity index (χ1v) is 14.0. The van der Waals surface area contributed by atoms with Gasteiger partial charge in [0.1, 0.15) is 0 Å². The van der Waals surface area contributed by atoms with Crippen LogP contribution in [0.5, 0.6) is 0 Å². The van der Waals surface area contributed by atoms with Gasteiger partial charge in [-0.3, -0.25) is 0 Å². The van der Waals surface area contributed by atoms with E-state index in [1.54, 1.807) is 0 Å². The van der Waals surface area contributed by atoms with Crippen molar-refractivity contribution in [3.63, 3.8) is 0 Å². The van der Waals surface area contributed by atoms with Gasteiger partial charge in [-0.15, -0.1) is 0 Å². The monoisotopic (exact) mass is 456 g/mol. The molecule has 0 aromatic heterocycles. The van der Waals surface area contributed by atoms with E-state index < -0.39 is 15.4 Å². The second-order valence-electron chi connectivity index (χ2n) is 8.87. The molecule has 0 aromatic rings. The van der Waals surface area contributed by atoms with Crippen LogP contribution in [0, 0.1) is 0 Å². The van der Waals surface area contributed by atoms with E-state index in [2.05, 4.69) is 13.8 Å². The smallest absolute Gasteiger partial charge is 0.748 e. The predicted molar refractivity (Wildman–Crippen MR) is 123 cm³/mol. The molecular formula is C24H49NaO4S. The quantitative estimate of drug-likeness (QED) is 0.151. The van der Waals surface area contributed by atoms with Gasteiger partial charge in [-0.2, -0.15) is 0 Å². The van der Waals surface area contributed by atoms with Crippen LogP contribution in [-0.2, 0) is 10.1 Å². The van der Waals surface area contributed by atoms with Crippen LogP contribution < -0.4 is 29.6 Å². The fourth-order valence-electron chi connectivity index (χ4n) is 3.98. The number of rotatable bonds is 22. The molecule has 6 heteroatoms. The largest absolute Gasteiger partial charge is 1.00 e. The fraction of sp³-hybridized carbons (Fsp3) is 1.00. The zero-order chi connectivity index (χ0) is 21.8. The van der Waals surface area contributed by atoms with Gasteiger partial charge in [0.25, 0.3) is 0 Å². The summed E-state index contributed by atoms with van der Waals surface area (Å²) in [5, 5.41) is 9.12. The Morgan fingerprint density at radius 1 is 0.600 bits per heavy atom. The number of aliphatic hydroxyl groups excluding tert-OH is 1. The van der Waals surface area contributed by atoms with Gasteiger partial charge in [0.2, 0.25) is 0 Å². The minimum Gasteiger partial charge on any atom is -0.748 e. The van der Waals surface area contributed by atoms with Crippen molar-refractivity contribution in [1.29, 1.82) is 0 Å². The molecule has 0 saturated heterocycles. The Morgan fingerprint density at radius 3 is 1.37 bits per heavy atom. The Morgan fingerprint density at radius 2 is 0.933 bits per heavy atom. The Bertz CT molecular complexity index is 442. The van der Waals surface area contributed by atoms with E-state index in [0.717, 1.165) is 64.2 Å². The summed E-state index contributed by atoms with van der Waals surface area (Å²) < 4.78 is 34.6. The summed E-state index contributed by atoms with van der Waals surface area (Å²) in [6, 6.07) is 0. The van der Waals surface area contributed by atoms with E-state index in [9.17, 15) is 18.1 Å². The summed E-state index contributed by atoms with van der Waals surface area (Å²) in [4.78, 5) is 0. The molecule has 0 aliphatic rings. The summed E-state index contributed by atoms with van der Waals surface area (Å²) in [6.07, 6.45) is 20.7. The molecule has 0 bridgehead atoms. The average molecular weight is 457 g/mol. The van der Waals surface area contributed by atoms with Crippen molar-refractivity contribution in [1.82, 2.24) is 0 Å². The fourth-order valence-corrected chi connectivity index (χ4v) is 4.89. The maximum absolute atomic E-state index is 11.5. The molecule has 1 N–H and O–H groups in total. The first-order valence-electron chi connectivity index (χ1n) is 12.5. The van der Waals surface area contributed by atoms with Crippen LogP contribution >= 0.6 is 0 Å². The molecule has 0 amide bonds. The SMILES string of the molecule is CCCCCCCCCCCCCC(CCCCCC(O)CCCC)S(=O)(=O)[O-].[Na+]. The van der Waals surface area contributed by atoms with Crippen LogP contribution in [0.3, 0.4) is 0 Å². The normalized spacial score (nSPS) is 13.7. The molecule has 0 aromatic carbocycles. The summed E-state index contributed by atoms with van der Waals surface area (Å²) in [7, 11) is -4.19. The predicted octanol–water partition coefficient (Wildman–Crippen LogP) is 4.11. The van der Waals surface area contributed by atoms with Crippen molar-refractivity contribution >= 4 is 10.1 Å². The molecule has 176 valence electrons. The first kappa shape index (κ1) is 33.0. The number of aliphatic hydroxyl groups is 1. The number of hydrogen-bond donors (Lipinski definition) is 1. The summed E-state index contributed by atoms with van der Waals surface area (Å²) in [5.41, 5.74) is 0. The molecular weight excluding hydrogens is 407 g/mol. The summed E-state index contributed by atoms with van der Waals surface area (Å²) in [5.74, 6) is 0. The third-order valence-corrected chi connectivity index (χ3v) is 7.28. The molecule has 2 unspecified atom stereocenters. The topological polar surface area (TPSA) is 77.4 Å². The second kappa shape index (κ2) is 23.0. The van der Waals surface area contributed by atoms with Gasteiger partial charge in [0.15, 0.2) is 0 Å². The Balaban J connectivity index is 0. The Labute approximate surface area is 210 Å².